The normalized spacial score (nSPS) is 22.5. The zero-order valence-corrected chi connectivity index (χ0v) is 9.91. The fourth-order valence-corrected chi connectivity index (χ4v) is 2.19. The first-order valence-electron chi connectivity index (χ1n) is 5.16. The van der Waals surface area contributed by atoms with Gasteiger partial charge in [-0.1, -0.05) is 18.2 Å². The highest BCUT2D eigenvalue weighted by Crippen LogP contribution is 2.30. The van der Waals surface area contributed by atoms with Crippen molar-refractivity contribution < 1.29 is 9.90 Å². The number of aliphatic carboxylic acids is 1. The molecule has 90 valence electrons. The lowest BCUT2D eigenvalue weighted by atomic mass is 9.86. The molecule has 5 heteroatoms. The number of hydrogen-bond acceptors (Lipinski definition) is 3. The Morgan fingerprint density at radius 1 is 1.41 bits per heavy atom. The molecule has 1 aliphatic rings. The fourth-order valence-electron chi connectivity index (χ4n) is 2.19. The van der Waals surface area contributed by atoms with Crippen molar-refractivity contribution in [1.82, 2.24) is 5.32 Å². The molecule has 0 radical (unpaired) electrons. The van der Waals surface area contributed by atoms with Crippen LogP contribution in [0.5, 0.6) is 0 Å². The van der Waals surface area contributed by atoms with E-state index in [2.05, 4.69) is 11.4 Å². The Kier molecular flexibility index (Phi) is 4.50. The number of rotatable bonds is 2. The zero-order chi connectivity index (χ0) is 11.5. The molecule has 0 bridgehead atoms. The Balaban J connectivity index is 0.00000144. The maximum atomic E-state index is 11.1. The SMILES string of the molecule is Cl.N#Cc1ccccc1[C@H]1CNC[C@H]1C(=O)O. The summed E-state index contributed by atoms with van der Waals surface area (Å²) >= 11 is 0. The van der Waals surface area contributed by atoms with Crippen LogP contribution in [0.1, 0.15) is 17.0 Å². The lowest BCUT2D eigenvalue weighted by Gasteiger charge is -2.15. The Bertz CT molecular complexity index is 456. The van der Waals surface area contributed by atoms with Gasteiger partial charge in [0.2, 0.25) is 0 Å². The van der Waals surface area contributed by atoms with Gasteiger partial charge in [-0.25, -0.2) is 0 Å². The van der Waals surface area contributed by atoms with Gasteiger partial charge in [0, 0.05) is 19.0 Å². The second kappa shape index (κ2) is 5.67. The van der Waals surface area contributed by atoms with Crippen molar-refractivity contribution in [2.75, 3.05) is 13.1 Å². The van der Waals surface area contributed by atoms with Crippen molar-refractivity contribution in [2.24, 2.45) is 5.92 Å². The van der Waals surface area contributed by atoms with Gasteiger partial charge in [-0.15, -0.1) is 12.4 Å². The predicted octanol–water partition coefficient (Wildman–Crippen LogP) is 1.37. The average molecular weight is 253 g/mol. The number of benzene rings is 1. The third-order valence-electron chi connectivity index (χ3n) is 3.01. The molecule has 1 aliphatic heterocycles. The molecular formula is C12H13ClN2O2. The Hall–Kier alpha value is -1.57. The Labute approximate surface area is 106 Å². The number of carboxylic acid groups (broad SMARTS) is 1. The summed E-state index contributed by atoms with van der Waals surface area (Å²) in [5, 5.41) is 21.1. The quantitative estimate of drug-likeness (QED) is 0.834. The highest BCUT2D eigenvalue weighted by Gasteiger charge is 2.34. The highest BCUT2D eigenvalue weighted by molar-refractivity contribution is 5.85. The fraction of sp³-hybridized carbons (Fsp3) is 0.333. The molecule has 1 heterocycles. The van der Waals surface area contributed by atoms with Crippen LogP contribution in [0.15, 0.2) is 24.3 Å². The molecular weight excluding hydrogens is 240 g/mol. The molecule has 0 spiro atoms. The summed E-state index contributed by atoms with van der Waals surface area (Å²) in [4.78, 5) is 11.1. The summed E-state index contributed by atoms with van der Waals surface area (Å²) in [6.07, 6.45) is 0. The molecule has 0 unspecified atom stereocenters. The molecule has 4 nitrogen and oxygen atoms in total. The maximum Gasteiger partial charge on any atom is 0.308 e. The van der Waals surface area contributed by atoms with Gasteiger partial charge in [-0.2, -0.15) is 5.26 Å². The van der Waals surface area contributed by atoms with Crippen molar-refractivity contribution in [2.45, 2.75) is 5.92 Å². The standard InChI is InChI=1S/C12H12N2O2.ClH/c13-5-8-3-1-2-4-9(8)10-6-14-7-11(10)12(15)16;/h1-4,10-11,14H,6-7H2,(H,15,16);1H/t10-,11-;/m1./s1. The predicted molar refractivity (Wildman–Crippen MR) is 65.1 cm³/mol. The van der Waals surface area contributed by atoms with E-state index < -0.39 is 11.9 Å². The number of nitrogens with zero attached hydrogens (tertiary/aromatic N) is 1. The smallest absolute Gasteiger partial charge is 0.308 e. The number of halogens is 1. The van der Waals surface area contributed by atoms with Crippen LogP contribution in [-0.4, -0.2) is 24.2 Å². The zero-order valence-electron chi connectivity index (χ0n) is 9.09. The average Bonchev–Trinajstić information content (AvgIpc) is 2.77. The van der Waals surface area contributed by atoms with Crippen LogP contribution >= 0.6 is 12.4 Å². The summed E-state index contributed by atoms with van der Waals surface area (Å²) < 4.78 is 0. The van der Waals surface area contributed by atoms with E-state index in [0.717, 1.165) is 5.56 Å². The van der Waals surface area contributed by atoms with Crippen LogP contribution in [0.25, 0.3) is 0 Å². The summed E-state index contributed by atoms with van der Waals surface area (Å²) in [5.41, 5.74) is 1.41. The van der Waals surface area contributed by atoms with Crippen molar-refractivity contribution in [3.8, 4) is 6.07 Å². The van der Waals surface area contributed by atoms with E-state index in [1.807, 2.05) is 12.1 Å². The monoisotopic (exact) mass is 252 g/mol. The number of carbonyl (C=O) groups is 1. The molecule has 2 rings (SSSR count). The van der Waals surface area contributed by atoms with Crippen LogP contribution in [0.4, 0.5) is 0 Å². The lowest BCUT2D eigenvalue weighted by Crippen LogP contribution is -2.21. The van der Waals surface area contributed by atoms with Crippen molar-refractivity contribution in [3.63, 3.8) is 0 Å². The molecule has 2 atom stereocenters. The molecule has 0 saturated carbocycles. The molecule has 0 aliphatic carbocycles. The molecule has 0 aromatic heterocycles. The van der Waals surface area contributed by atoms with Crippen LogP contribution in [0, 0.1) is 17.2 Å². The van der Waals surface area contributed by atoms with Crippen LogP contribution in [0.2, 0.25) is 0 Å². The van der Waals surface area contributed by atoms with E-state index in [4.69, 9.17) is 10.4 Å². The van der Waals surface area contributed by atoms with Gasteiger partial charge in [-0.05, 0) is 11.6 Å². The lowest BCUT2D eigenvalue weighted by molar-refractivity contribution is -0.141. The van der Waals surface area contributed by atoms with Crippen molar-refractivity contribution >= 4 is 18.4 Å². The summed E-state index contributed by atoms with van der Waals surface area (Å²) in [6.45, 7) is 1.09. The molecule has 17 heavy (non-hydrogen) atoms. The number of nitriles is 1. The molecule has 2 N–H and O–H groups in total. The maximum absolute atomic E-state index is 11.1. The third kappa shape index (κ3) is 2.57. The van der Waals surface area contributed by atoms with Gasteiger partial charge in [0.05, 0.1) is 17.6 Å². The Morgan fingerprint density at radius 2 is 2.12 bits per heavy atom. The molecule has 1 aromatic rings. The summed E-state index contributed by atoms with van der Waals surface area (Å²) in [7, 11) is 0. The first kappa shape index (κ1) is 13.5. The topological polar surface area (TPSA) is 73.1 Å². The first-order chi connectivity index (χ1) is 7.74. The highest BCUT2D eigenvalue weighted by atomic mass is 35.5. The Morgan fingerprint density at radius 3 is 2.76 bits per heavy atom. The van der Waals surface area contributed by atoms with Gasteiger partial charge in [0.15, 0.2) is 0 Å². The second-order valence-electron chi connectivity index (χ2n) is 3.91. The van der Waals surface area contributed by atoms with E-state index >= 15 is 0 Å². The van der Waals surface area contributed by atoms with E-state index in [1.165, 1.54) is 0 Å². The minimum absolute atomic E-state index is 0. The minimum Gasteiger partial charge on any atom is -0.481 e. The molecule has 1 saturated heterocycles. The summed E-state index contributed by atoms with van der Waals surface area (Å²) in [6, 6.07) is 9.31. The van der Waals surface area contributed by atoms with Gasteiger partial charge in [0.25, 0.3) is 0 Å². The van der Waals surface area contributed by atoms with Gasteiger partial charge in [0.1, 0.15) is 0 Å². The third-order valence-corrected chi connectivity index (χ3v) is 3.01. The molecule has 1 aromatic carbocycles. The number of hydrogen-bond donors (Lipinski definition) is 2. The number of nitrogens with one attached hydrogen (secondary N) is 1. The summed E-state index contributed by atoms with van der Waals surface area (Å²) in [5.74, 6) is -1.34. The van der Waals surface area contributed by atoms with E-state index in [1.54, 1.807) is 12.1 Å². The first-order valence-corrected chi connectivity index (χ1v) is 5.16. The largest absolute Gasteiger partial charge is 0.481 e. The van der Waals surface area contributed by atoms with Crippen molar-refractivity contribution in [1.29, 1.82) is 5.26 Å². The van der Waals surface area contributed by atoms with Crippen LogP contribution in [0.3, 0.4) is 0 Å². The van der Waals surface area contributed by atoms with E-state index in [9.17, 15) is 4.79 Å². The van der Waals surface area contributed by atoms with E-state index in [-0.39, 0.29) is 18.3 Å². The van der Waals surface area contributed by atoms with Gasteiger partial charge < -0.3 is 10.4 Å². The molecule has 1 fully saturated rings. The molecule has 0 amide bonds. The van der Waals surface area contributed by atoms with Crippen molar-refractivity contribution in [3.05, 3.63) is 35.4 Å². The van der Waals surface area contributed by atoms with Crippen LogP contribution < -0.4 is 5.32 Å². The van der Waals surface area contributed by atoms with E-state index in [0.29, 0.717) is 18.7 Å². The minimum atomic E-state index is -0.803. The van der Waals surface area contributed by atoms with Crippen LogP contribution in [-0.2, 0) is 4.79 Å². The van der Waals surface area contributed by atoms with Gasteiger partial charge in [-0.3, -0.25) is 4.79 Å². The number of carboxylic acids is 1. The second-order valence-corrected chi connectivity index (χ2v) is 3.91. The van der Waals surface area contributed by atoms with Gasteiger partial charge >= 0.3 is 5.97 Å².